The second-order valence-electron chi connectivity index (χ2n) is 8.83. The van der Waals surface area contributed by atoms with E-state index in [2.05, 4.69) is 0 Å². The van der Waals surface area contributed by atoms with Crippen LogP contribution >= 0.6 is 0 Å². The van der Waals surface area contributed by atoms with Crippen LogP contribution in [0.4, 0.5) is 0 Å². The van der Waals surface area contributed by atoms with Crippen LogP contribution in [0.2, 0.25) is 0 Å². The predicted molar refractivity (Wildman–Crippen MR) is 130 cm³/mol. The Balaban J connectivity index is 1.70. The summed E-state index contributed by atoms with van der Waals surface area (Å²) in [6.45, 7) is -0.775. The molecule has 0 aliphatic carbocycles. The van der Waals surface area contributed by atoms with Crippen LogP contribution < -0.4 is 14.2 Å². The number of fused-ring (bicyclic) bond motifs is 1. The topological polar surface area (TPSA) is 168 Å². The molecule has 0 unspecified atom stereocenters. The monoisotopic (exact) mass is 520 g/mol. The summed E-state index contributed by atoms with van der Waals surface area (Å²) < 4.78 is 28.5. The molecular formula is C26H32O11. The van der Waals surface area contributed by atoms with Gasteiger partial charge < -0.3 is 54.3 Å². The van der Waals surface area contributed by atoms with Crippen LogP contribution in [0.3, 0.4) is 0 Å². The van der Waals surface area contributed by atoms with E-state index in [4.69, 9.17) is 23.7 Å². The van der Waals surface area contributed by atoms with Gasteiger partial charge in [-0.15, -0.1) is 0 Å². The van der Waals surface area contributed by atoms with Gasteiger partial charge in [0.15, 0.2) is 29.3 Å². The third-order valence-electron chi connectivity index (χ3n) is 6.57. The smallest absolute Gasteiger partial charge is 0.186 e. The summed E-state index contributed by atoms with van der Waals surface area (Å²) in [5, 5.41) is 59.4. The van der Waals surface area contributed by atoms with Crippen LogP contribution in [0.15, 0.2) is 36.4 Å². The summed E-state index contributed by atoms with van der Waals surface area (Å²) >= 11 is 0. The Bertz CT molecular complexity index is 1100. The number of hydrogen-bond acceptors (Lipinski definition) is 11. The number of ether oxygens (including phenoxy) is 5. The van der Waals surface area contributed by atoms with Crippen molar-refractivity contribution in [1.82, 2.24) is 0 Å². The molecule has 11 heteroatoms. The molecule has 7 atom stereocenters. The highest BCUT2D eigenvalue weighted by atomic mass is 16.7. The Labute approximate surface area is 213 Å². The molecule has 202 valence electrons. The normalized spacial score (nSPS) is 29.2. The predicted octanol–water partition coefficient (Wildman–Crippen LogP) is 0.449. The van der Waals surface area contributed by atoms with Gasteiger partial charge in [-0.05, 0) is 35.4 Å². The Hall–Kier alpha value is -2.90. The molecule has 2 aromatic carbocycles. The molecule has 1 fully saturated rings. The van der Waals surface area contributed by atoms with E-state index in [1.54, 1.807) is 30.4 Å². The van der Waals surface area contributed by atoms with Gasteiger partial charge in [0, 0.05) is 5.56 Å². The molecule has 0 radical (unpaired) electrons. The molecule has 2 aliphatic heterocycles. The van der Waals surface area contributed by atoms with E-state index in [0.29, 0.717) is 17.1 Å². The fourth-order valence-electron chi connectivity index (χ4n) is 4.61. The Morgan fingerprint density at radius 1 is 0.946 bits per heavy atom. The van der Waals surface area contributed by atoms with Crippen molar-refractivity contribution >= 4 is 6.08 Å². The molecule has 11 nitrogen and oxygen atoms in total. The second-order valence-corrected chi connectivity index (χ2v) is 8.83. The van der Waals surface area contributed by atoms with E-state index >= 15 is 0 Å². The Morgan fingerprint density at radius 2 is 1.70 bits per heavy atom. The number of rotatable bonds is 9. The van der Waals surface area contributed by atoms with E-state index in [1.165, 1.54) is 20.3 Å². The number of hydrogen-bond donors (Lipinski definition) is 6. The lowest BCUT2D eigenvalue weighted by molar-refractivity contribution is -0.302. The zero-order valence-electron chi connectivity index (χ0n) is 20.4. The first-order valence-corrected chi connectivity index (χ1v) is 11.8. The first-order chi connectivity index (χ1) is 17.8. The standard InChI is InChI=1S/C26H32O11/c1-33-18-10-14(5-6-17(18)29)24-16(12-35-26-23(32)22(31)21(30)20(11-28)36-26)15-8-13(4-3-7-27)9-19(34-2)25(15)37-24/h3-6,8-10,16,20-24,26-32H,7,11-12H2,1-2H3/t16-,20-,21-,22+,23+,24+,26-/m0/s1. The molecule has 0 saturated carbocycles. The molecule has 2 heterocycles. The molecular weight excluding hydrogens is 488 g/mol. The maximum Gasteiger partial charge on any atom is 0.186 e. The van der Waals surface area contributed by atoms with Gasteiger partial charge in [0.25, 0.3) is 0 Å². The highest BCUT2D eigenvalue weighted by Gasteiger charge is 2.45. The van der Waals surface area contributed by atoms with Crippen molar-refractivity contribution in [3.05, 3.63) is 53.1 Å². The van der Waals surface area contributed by atoms with Crippen LogP contribution in [0, 0.1) is 0 Å². The highest BCUT2D eigenvalue weighted by molar-refractivity contribution is 5.62. The van der Waals surface area contributed by atoms with Crippen LogP contribution in [-0.4, -0.2) is 95.4 Å². The zero-order valence-corrected chi connectivity index (χ0v) is 20.4. The summed E-state index contributed by atoms with van der Waals surface area (Å²) in [4.78, 5) is 0. The number of aromatic hydroxyl groups is 1. The summed E-state index contributed by atoms with van der Waals surface area (Å²) in [7, 11) is 2.94. The summed E-state index contributed by atoms with van der Waals surface area (Å²) in [5.74, 6) is 0.673. The van der Waals surface area contributed by atoms with Crippen molar-refractivity contribution < 1.29 is 54.3 Å². The fourth-order valence-corrected chi connectivity index (χ4v) is 4.61. The quantitative estimate of drug-likeness (QED) is 0.272. The van der Waals surface area contributed by atoms with Gasteiger partial charge in [0.05, 0.1) is 40.0 Å². The minimum atomic E-state index is -1.57. The molecule has 2 aliphatic rings. The molecule has 0 amide bonds. The number of phenolic OH excluding ortho intramolecular Hbond substituents is 1. The lowest BCUT2D eigenvalue weighted by Gasteiger charge is -2.40. The first kappa shape index (κ1) is 27.1. The van der Waals surface area contributed by atoms with Gasteiger partial charge in [-0.1, -0.05) is 18.2 Å². The van der Waals surface area contributed by atoms with E-state index < -0.39 is 49.3 Å². The minimum Gasteiger partial charge on any atom is -0.504 e. The van der Waals surface area contributed by atoms with Crippen molar-refractivity contribution in [3.8, 4) is 23.0 Å². The molecule has 1 saturated heterocycles. The molecule has 2 aromatic rings. The molecule has 4 rings (SSSR count). The van der Waals surface area contributed by atoms with Crippen molar-refractivity contribution in [3.63, 3.8) is 0 Å². The number of methoxy groups -OCH3 is 2. The Morgan fingerprint density at radius 3 is 2.38 bits per heavy atom. The van der Waals surface area contributed by atoms with E-state index in [9.17, 15) is 30.6 Å². The molecule has 0 bridgehead atoms. The van der Waals surface area contributed by atoms with Gasteiger partial charge in [-0.2, -0.15) is 0 Å². The van der Waals surface area contributed by atoms with Gasteiger partial charge >= 0.3 is 0 Å². The summed E-state index contributed by atoms with van der Waals surface area (Å²) in [6.07, 6.45) is -4.38. The minimum absolute atomic E-state index is 0.0371. The van der Waals surface area contributed by atoms with Gasteiger partial charge in [-0.3, -0.25) is 0 Å². The van der Waals surface area contributed by atoms with Crippen molar-refractivity contribution in [2.75, 3.05) is 34.0 Å². The third kappa shape index (κ3) is 5.39. The maximum atomic E-state index is 10.4. The highest BCUT2D eigenvalue weighted by Crippen LogP contribution is 2.52. The lowest BCUT2D eigenvalue weighted by Crippen LogP contribution is -2.59. The number of aliphatic hydroxyl groups excluding tert-OH is 5. The summed E-state index contributed by atoms with van der Waals surface area (Å²) in [5.41, 5.74) is 2.14. The van der Waals surface area contributed by atoms with Crippen LogP contribution in [0.25, 0.3) is 6.08 Å². The Kier molecular flexibility index (Phi) is 8.55. The average molecular weight is 521 g/mol. The van der Waals surface area contributed by atoms with Gasteiger partial charge in [-0.25, -0.2) is 0 Å². The van der Waals surface area contributed by atoms with Crippen LogP contribution in [0.5, 0.6) is 23.0 Å². The zero-order chi connectivity index (χ0) is 26.7. The third-order valence-corrected chi connectivity index (χ3v) is 6.57. The molecule has 37 heavy (non-hydrogen) atoms. The van der Waals surface area contributed by atoms with Gasteiger partial charge in [0.1, 0.15) is 30.5 Å². The maximum absolute atomic E-state index is 10.4. The van der Waals surface area contributed by atoms with Gasteiger partial charge in [0.2, 0.25) is 0 Å². The van der Waals surface area contributed by atoms with Crippen molar-refractivity contribution in [2.45, 2.75) is 42.7 Å². The first-order valence-electron chi connectivity index (χ1n) is 11.8. The fraction of sp³-hybridized carbons (Fsp3) is 0.462. The van der Waals surface area contributed by atoms with E-state index in [-0.39, 0.29) is 24.7 Å². The van der Waals surface area contributed by atoms with E-state index in [0.717, 1.165) is 11.1 Å². The van der Waals surface area contributed by atoms with Crippen LogP contribution in [-0.2, 0) is 9.47 Å². The molecule has 0 spiro atoms. The number of aliphatic hydroxyl groups is 5. The summed E-state index contributed by atoms with van der Waals surface area (Å²) in [6, 6.07) is 8.45. The molecule has 0 aromatic heterocycles. The van der Waals surface area contributed by atoms with Crippen molar-refractivity contribution in [2.24, 2.45) is 0 Å². The number of phenols is 1. The van der Waals surface area contributed by atoms with Crippen molar-refractivity contribution in [1.29, 1.82) is 0 Å². The largest absolute Gasteiger partial charge is 0.504 e. The SMILES string of the molecule is COc1cc([C@H]2Oc3c(OC)cc(C=CCO)cc3[C@@H]2CO[C@H]2O[C@@H](CO)[C@H](O)[C@@H](O)[C@H]2O)ccc1O. The second kappa shape index (κ2) is 11.7. The number of benzene rings is 2. The van der Waals surface area contributed by atoms with Crippen LogP contribution in [0.1, 0.15) is 28.7 Å². The lowest BCUT2D eigenvalue weighted by atomic mass is 9.90. The average Bonchev–Trinajstić information content (AvgIpc) is 3.28. The molecule has 6 N–H and O–H groups in total. The van der Waals surface area contributed by atoms with E-state index in [1.807, 2.05) is 6.07 Å².